The first kappa shape index (κ1) is 16.3. The lowest BCUT2D eigenvalue weighted by atomic mass is 10.2. The van der Waals surface area contributed by atoms with Gasteiger partial charge < -0.3 is 0 Å². The summed E-state index contributed by atoms with van der Waals surface area (Å²) in [6, 6.07) is 6.44. The monoisotopic (exact) mass is 312 g/mol. The second-order valence-corrected chi connectivity index (χ2v) is 5.37. The second-order valence-electron chi connectivity index (χ2n) is 2.91. The van der Waals surface area contributed by atoms with Gasteiger partial charge in [-0.3, -0.25) is 0 Å². The number of primary sulfonamides is 1. The number of aromatic nitrogens is 1. The van der Waals surface area contributed by atoms with Crippen molar-refractivity contribution in [2.75, 3.05) is 0 Å². The first-order valence-corrected chi connectivity index (χ1v) is 6.53. The van der Waals surface area contributed by atoms with Crippen molar-refractivity contribution in [3.8, 4) is 10.6 Å². The maximum Gasteiger partial charge on any atom is 0.238 e. The molecule has 0 saturated heterocycles. The van der Waals surface area contributed by atoms with Gasteiger partial charge in [0.15, 0.2) is 0 Å². The topological polar surface area (TPSA) is 73.1 Å². The highest BCUT2D eigenvalue weighted by molar-refractivity contribution is 7.89. The molecule has 0 aliphatic carbocycles. The molecule has 0 fully saturated rings. The largest absolute Gasteiger partial charge is 0.245 e. The molecule has 0 aliphatic rings. The lowest BCUT2D eigenvalue weighted by Gasteiger charge is -2.00. The van der Waals surface area contributed by atoms with Crippen LogP contribution >= 0.6 is 36.2 Å². The standard InChI is InChI=1S/C9H8N2O2S2.2ClH/c10-15(12,13)8-3-1-2-7(6-8)9-11-4-5-14-9;;/h1-6H,(H2,10,12,13);2*1H. The maximum absolute atomic E-state index is 11.1. The fourth-order valence-electron chi connectivity index (χ4n) is 1.17. The molecule has 1 aromatic carbocycles. The average molecular weight is 313 g/mol. The van der Waals surface area contributed by atoms with E-state index in [1.54, 1.807) is 18.3 Å². The quantitative estimate of drug-likeness (QED) is 0.924. The Balaban J connectivity index is 0.00000128. The summed E-state index contributed by atoms with van der Waals surface area (Å²) in [7, 11) is -3.64. The molecule has 4 nitrogen and oxygen atoms in total. The summed E-state index contributed by atoms with van der Waals surface area (Å²) in [6.45, 7) is 0. The van der Waals surface area contributed by atoms with Gasteiger partial charge in [-0.2, -0.15) is 0 Å². The van der Waals surface area contributed by atoms with Gasteiger partial charge in [-0.05, 0) is 12.1 Å². The van der Waals surface area contributed by atoms with Gasteiger partial charge in [0.05, 0.1) is 4.90 Å². The van der Waals surface area contributed by atoms with Crippen LogP contribution in [0.3, 0.4) is 0 Å². The van der Waals surface area contributed by atoms with Crippen LogP contribution in [0.25, 0.3) is 10.6 Å². The summed E-state index contributed by atoms with van der Waals surface area (Å²) in [5.41, 5.74) is 0.761. The molecule has 0 bridgehead atoms. The summed E-state index contributed by atoms with van der Waals surface area (Å²) in [5.74, 6) is 0. The van der Waals surface area contributed by atoms with Crippen molar-refractivity contribution in [2.24, 2.45) is 5.14 Å². The van der Waals surface area contributed by atoms with E-state index in [1.165, 1.54) is 23.5 Å². The number of benzene rings is 1. The zero-order valence-electron chi connectivity index (χ0n) is 8.44. The van der Waals surface area contributed by atoms with E-state index in [0.29, 0.717) is 0 Å². The zero-order chi connectivity index (χ0) is 10.9. The van der Waals surface area contributed by atoms with Crippen LogP contribution in [0, 0.1) is 0 Å². The SMILES string of the molecule is Cl.Cl.NS(=O)(=O)c1cccc(-c2nccs2)c1. The minimum Gasteiger partial charge on any atom is -0.245 e. The normalized spacial score (nSPS) is 10.2. The fourth-order valence-corrected chi connectivity index (χ4v) is 2.37. The van der Waals surface area contributed by atoms with Crippen LogP contribution in [0.2, 0.25) is 0 Å². The van der Waals surface area contributed by atoms with Crippen LogP contribution in [-0.2, 0) is 10.0 Å². The predicted molar refractivity (Wildman–Crippen MR) is 73.4 cm³/mol. The smallest absolute Gasteiger partial charge is 0.238 e. The van der Waals surface area contributed by atoms with Gasteiger partial charge in [-0.15, -0.1) is 36.2 Å². The van der Waals surface area contributed by atoms with Crippen molar-refractivity contribution in [3.05, 3.63) is 35.8 Å². The molecule has 2 aromatic rings. The molecule has 94 valence electrons. The fraction of sp³-hybridized carbons (Fsp3) is 0. The average Bonchev–Trinajstić information content (AvgIpc) is 2.69. The van der Waals surface area contributed by atoms with E-state index < -0.39 is 10.0 Å². The molecule has 0 amide bonds. The van der Waals surface area contributed by atoms with Crippen molar-refractivity contribution >= 4 is 46.2 Å². The third-order valence-electron chi connectivity index (χ3n) is 1.84. The molecular formula is C9H10Cl2N2O2S2. The van der Waals surface area contributed by atoms with Gasteiger partial charge in [0.2, 0.25) is 10.0 Å². The number of nitrogens with zero attached hydrogens (tertiary/aromatic N) is 1. The van der Waals surface area contributed by atoms with E-state index in [1.807, 2.05) is 5.38 Å². The van der Waals surface area contributed by atoms with Crippen molar-refractivity contribution in [1.29, 1.82) is 0 Å². The summed E-state index contributed by atoms with van der Waals surface area (Å²) in [5, 5.41) is 7.64. The molecule has 0 saturated carbocycles. The summed E-state index contributed by atoms with van der Waals surface area (Å²) in [4.78, 5) is 4.20. The lowest BCUT2D eigenvalue weighted by Crippen LogP contribution is -2.11. The Morgan fingerprint density at radius 1 is 1.24 bits per heavy atom. The van der Waals surface area contributed by atoms with Gasteiger partial charge in [0.25, 0.3) is 0 Å². The minimum atomic E-state index is -3.64. The highest BCUT2D eigenvalue weighted by Gasteiger charge is 2.09. The molecule has 17 heavy (non-hydrogen) atoms. The molecule has 0 radical (unpaired) electrons. The molecule has 0 aliphatic heterocycles. The minimum absolute atomic E-state index is 0. The molecule has 0 atom stereocenters. The molecular weight excluding hydrogens is 303 g/mol. The van der Waals surface area contributed by atoms with E-state index in [0.717, 1.165) is 10.6 Å². The van der Waals surface area contributed by atoms with Gasteiger partial charge in [-0.1, -0.05) is 12.1 Å². The molecule has 2 N–H and O–H groups in total. The number of halogens is 2. The van der Waals surface area contributed by atoms with Crippen molar-refractivity contribution in [2.45, 2.75) is 4.90 Å². The van der Waals surface area contributed by atoms with Gasteiger partial charge in [0.1, 0.15) is 5.01 Å². The van der Waals surface area contributed by atoms with Crippen molar-refractivity contribution in [1.82, 2.24) is 4.98 Å². The summed E-state index contributed by atoms with van der Waals surface area (Å²) >= 11 is 1.45. The number of nitrogens with two attached hydrogens (primary N) is 1. The molecule has 1 heterocycles. The maximum atomic E-state index is 11.1. The molecule has 0 spiro atoms. The van der Waals surface area contributed by atoms with Crippen LogP contribution in [0.4, 0.5) is 0 Å². The first-order chi connectivity index (χ1) is 7.07. The van der Waals surface area contributed by atoms with Gasteiger partial charge in [-0.25, -0.2) is 18.5 Å². The zero-order valence-corrected chi connectivity index (χ0v) is 11.7. The molecule has 0 unspecified atom stereocenters. The van der Waals surface area contributed by atoms with E-state index in [-0.39, 0.29) is 29.7 Å². The number of hydrogen-bond donors (Lipinski definition) is 1. The van der Waals surface area contributed by atoms with E-state index >= 15 is 0 Å². The van der Waals surface area contributed by atoms with Crippen LogP contribution in [0.1, 0.15) is 0 Å². The van der Waals surface area contributed by atoms with Crippen molar-refractivity contribution in [3.63, 3.8) is 0 Å². The highest BCUT2D eigenvalue weighted by Crippen LogP contribution is 2.23. The first-order valence-electron chi connectivity index (χ1n) is 4.10. The van der Waals surface area contributed by atoms with Crippen LogP contribution < -0.4 is 5.14 Å². The number of thiazole rings is 1. The Labute approximate surface area is 116 Å². The molecule has 8 heteroatoms. The number of rotatable bonds is 2. The van der Waals surface area contributed by atoms with Gasteiger partial charge >= 0.3 is 0 Å². The Bertz CT molecular complexity index is 570. The predicted octanol–water partition coefficient (Wildman–Crippen LogP) is 2.30. The molecule has 1 aromatic heterocycles. The van der Waals surface area contributed by atoms with E-state index in [2.05, 4.69) is 4.98 Å². The number of hydrogen-bond acceptors (Lipinski definition) is 4. The van der Waals surface area contributed by atoms with E-state index in [4.69, 9.17) is 5.14 Å². The Hall–Kier alpha value is -0.660. The van der Waals surface area contributed by atoms with Crippen LogP contribution in [-0.4, -0.2) is 13.4 Å². The Morgan fingerprint density at radius 3 is 2.47 bits per heavy atom. The second kappa shape index (κ2) is 6.32. The number of sulfonamides is 1. The Kier molecular flexibility index (Phi) is 6.08. The Morgan fingerprint density at radius 2 is 1.94 bits per heavy atom. The third-order valence-corrected chi connectivity index (χ3v) is 3.58. The summed E-state index contributed by atoms with van der Waals surface area (Å²) in [6.07, 6.45) is 1.67. The summed E-state index contributed by atoms with van der Waals surface area (Å²) < 4.78 is 22.2. The van der Waals surface area contributed by atoms with Crippen molar-refractivity contribution < 1.29 is 8.42 Å². The lowest BCUT2D eigenvalue weighted by molar-refractivity contribution is 0.598. The van der Waals surface area contributed by atoms with Crippen LogP contribution in [0.15, 0.2) is 40.7 Å². The third kappa shape index (κ3) is 3.93. The van der Waals surface area contributed by atoms with Gasteiger partial charge in [0, 0.05) is 17.1 Å². The highest BCUT2D eigenvalue weighted by atomic mass is 35.5. The molecule has 2 rings (SSSR count). The van der Waals surface area contributed by atoms with E-state index in [9.17, 15) is 8.42 Å². The van der Waals surface area contributed by atoms with Crippen LogP contribution in [0.5, 0.6) is 0 Å².